The van der Waals surface area contributed by atoms with Crippen LogP contribution in [0.3, 0.4) is 0 Å². The maximum Gasteiger partial charge on any atom is 0.328 e. The second kappa shape index (κ2) is 7.18. The second-order valence-corrected chi connectivity index (χ2v) is 4.38. The number of carbonyl (C=O) groups is 3. The first-order chi connectivity index (χ1) is 9.81. The molecule has 0 aliphatic carbocycles. The van der Waals surface area contributed by atoms with E-state index < -0.39 is 17.7 Å². The number of carboxylic acid groups (broad SMARTS) is 1. The highest BCUT2D eigenvalue weighted by Gasteiger charge is 2.11. The summed E-state index contributed by atoms with van der Waals surface area (Å²) in [7, 11) is 3.11. The lowest BCUT2D eigenvalue weighted by Gasteiger charge is -2.11. The fourth-order valence-corrected chi connectivity index (χ4v) is 1.38. The molecule has 6 nitrogen and oxygen atoms in total. The second-order valence-electron chi connectivity index (χ2n) is 4.38. The maximum absolute atomic E-state index is 13.7. The Labute approximate surface area is 120 Å². The zero-order chi connectivity index (χ0) is 16.0. The molecular formula is C14H15FN2O4. The lowest BCUT2D eigenvalue weighted by Crippen LogP contribution is -2.36. The Balaban J connectivity index is 2.77. The Hall–Kier alpha value is -2.70. The lowest BCUT2D eigenvalue weighted by atomic mass is 10.1. The van der Waals surface area contributed by atoms with Crippen LogP contribution < -0.4 is 5.32 Å². The summed E-state index contributed by atoms with van der Waals surface area (Å²) in [4.78, 5) is 34.7. The molecule has 7 heteroatoms. The van der Waals surface area contributed by atoms with E-state index in [4.69, 9.17) is 5.11 Å². The summed E-state index contributed by atoms with van der Waals surface area (Å²) in [5.41, 5.74) is 0.102. The summed E-state index contributed by atoms with van der Waals surface area (Å²) in [6.45, 7) is -0.186. The Morgan fingerprint density at radius 3 is 2.52 bits per heavy atom. The van der Waals surface area contributed by atoms with Crippen molar-refractivity contribution < 1.29 is 23.9 Å². The van der Waals surface area contributed by atoms with Crippen LogP contribution >= 0.6 is 0 Å². The van der Waals surface area contributed by atoms with Crippen LogP contribution in [-0.4, -0.2) is 48.4 Å². The van der Waals surface area contributed by atoms with Crippen molar-refractivity contribution in [3.05, 3.63) is 41.2 Å². The van der Waals surface area contributed by atoms with Crippen molar-refractivity contribution in [1.82, 2.24) is 10.2 Å². The van der Waals surface area contributed by atoms with Gasteiger partial charge < -0.3 is 15.3 Å². The van der Waals surface area contributed by atoms with E-state index in [1.165, 1.54) is 17.0 Å². The van der Waals surface area contributed by atoms with Crippen LogP contribution in [-0.2, 0) is 9.59 Å². The van der Waals surface area contributed by atoms with Crippen LogP contribution in [0.5, 0.6) is 0 Å². The summed E-state index contributed by atoms with van der Waals surface area (Å²) >= 11 is 0. The number of hydrogen-bond acceptors (Lipinski definition) is 3. The van der Waals surface area contributed by atoms with Crippen molar-refractivity contribution in [3.63, 3.8) is 0 Å². The monoisotopic (exact) mass is 294 g/mol. The number of benzene rings is 1. The van der Waals surface area contributed by atoms with E-state index in [-0.39, 0.29) is 23.6 Å². The molecule has 0 bridgehead atoms. The molecule has 1 aromatic carbocycles. The van der Waals surface area contributed by atoms with Gasteiger partial charge in [0.05, 0.1) is 6.54 Å². The van der Waals surface area contributed by atoms with Crippen molar-refractivity contribution in [2.24, 2.45) is 0 Å². The Morgan fingerprint density at radius 2 is 2.00 bits per heavy atom. The minimum atomic E-state index is -1.20. The SMILES string of the molecule is CN(C)C(=O)CNC(=O)c1ccc(C=CC(=O)O)c(F)c1. The number of halogens is 1. The van der Waals surface area contributed by atoms with Crippen LogP contribution in [0.4, 0.5) is 4.39 Å². The number of aliphatic carboxylic acids is 1. The Bertz CT molecular complexity index is 597. The molecule has 1 rings (SSSR count). The number of carboxylic acids is 1. The van der Waals surface area contributed by atoms with Crippen molar-refractivity contribution in [2.75, 3.05) is 20.6 Å². The fraction of sp³-hybridized carbons (Fsp3) is 0.214. The summed E-state index contributed by atoms with van der Waals surface area (Å²) in [6, 6.07) is 3.62. The minimum absolute atomic E-state index is 0.0477. The van der Waals surface area contributed by atoms with Crippen molar-refractivity contribution in [3.8, 4) is 0 Å². The van der Waals surface area contributed by atoms with Gasteiger partial charge >= 0.3 is 5.97 Å². The van der Waals surface area contributed by atoms with Crippen LogP contribution in [0.1, 0.15) is 15.9 Å². The molecule has 0 saturated heterocycles. The number of nitrogens with zero attached hydrogens (tertiary/aromatic N) is 1. The molecule has 0 radical (unpaired) electrons. The first-order valence-corrected chi connectivity index (χ1v) is 6.00. The van der Waals surface area contributed by atoms with Crippen LogP contribution in [0.2, 0.25) is 0 Å². The van der Waals surface area contributed by atoms with Gasteiger partial charge in [-0.25, -0.2) is 9.18 Å². The lowest BCUT2D eigenvalue weighted by molar-refractivity contribution is -0.131. The van der Waals surface area contributed by atoms with Gasteiger partial charge in [-0.3, -0.25) is 9.59 Å². The molecule has 1 aromatic rings. The van der Waals surface area contributed by atoms with Crippen LogP contribution in [0.15, 0.2) is 24.3 Å². The van der Waals surface area contributed by atoms with Crippen LogP contribution in [0, 0.1) is 5.82 Å². The van der Waals surface area contributed by atoms with E-state index in [1.807, 2.05) is 0 Å². The smallest absolute Gasteiger partial charge is 0.328 e. The predicted molar refractivity (Wildman–Crippen MR) is 74.1 cm³/mol. The molecule has 0 aliphatic heterocycles. The minimum Gasteiger partial charge on any atom is -0.478 e. The van der Waals surface area contributed by atoms with E-state index in [2.05, 4.69) is 5.32 Å². The molecule has 0 fully saturated rings. The van der Waals surface area contributed by atoms with Gasteiger partial charge in [0, 0.05) is 31.3 Å². The number of amides is 2. The Morgan fingerprint density at radius 1 is 1.33 bits per heavy atom. The summed E-state index contributed by atoms with van der Waals surface area (Å²) in [5, 5.41) is 10.8. The number of nitrogens with one attached hydrogen (secondary N) is 1. The quantitative estimate of drug-likeness (QED) is 0.784. The summed E-state index contributed by atoms with van der Waals surface area (Å²) in [6.07, 6.45) is 1.89. The standard InChI is InChI=1S/C14H15FN2O4/c1-17(2)12(18)8-16-14(21)10-4-3-9(11(15)7-10)5-6-13(19)20/h3-7H,8H2,1-2H3,(H,16,21)(H,19,20). The van der Waals surface area contributed by atoms with Crippen molar-refractivity contribution in [2.45, 2.75) is 0 Å². The maximum atomic E-state index is 13.7. The summed E-state index contributed by atoms with van der Waals surface area (Å²) in [5.74, 6) is -2.79. The average molecular weight is 294 g/mol. The van der Waals surface area contributed by atoms with Gasteiger partial charge in [-0.05, 0) is 18.2 Å². The van der Waals surface area contributed by atoms with E-state index in [0.717, 1.165) is 18.2 Å². The van der Waals surface area contributed by atoms with Gasteiger partial charge in [-0.1, -0.05) is 6.07 Å². The van der Waals surface area contributed by atoms with Crippen LogP contribution in [0.25, 0.3) is 6.08 Å². The average Bonchev–Trinajstić information content (AvgIpc) is 2.42. The van der Waals surface area contributed by atoms with Crippen molar-refractivity contribution >= 4 is 23.9 Å². The fourth-order valence-electron chi connectivity index (χ4n) is 1.38. The third-order valence-corrected chi connectivity index (χ3v) is 2.57. The molecule has 0 unspecified atom stereocenters. The first-order valence-electron chi connectivity index (χ1n) is 6.00. The normalized spacial score (nSPS) is 10.4. The Kier molecular flexibility index (Phi) is 5.59. The van der Waals surface area contributed by atoms with Gasteiger partial charge in [-0.2, -0.15) is 0 Å². The third kappa shape index (κ3) is 5.06. The number of hydrogen-bond donors (Lipinski definition) is 2. The van der Waals surface area contributed by atoms with E-state index in [1.54, 1.807) is 14.1 Å². The molecule has 0 spiro atoms. The van der Waals surface area contributed by atoms with Gasteiger partial charge in [0.15, 0.2) is 0 Å². The molecule has 0 atom stereocenters. The number of likely N-dealkylation sites (N-methyl/N-ethyl adjacent to an activating group) is 1. The summed E-state index contributed by atoms with van der Waals surface area (Å²) < 4.78 is 13.7. The van der Waals surface area contributed by atoms with E-state index in [0.29, 0.717) is 0 Å². The van der Waals surface area contributed by atoms with E-state index >= 15 is 0 Å². The van der Waals surface area contributed by atoms with Gasteiger partial charge in [0.25, 0.3) is 5.91 Å². The predicted octanol–water partition coefficient (Wildman–Crippen LogP) is 0.741. The third-order valence-electron chi connectivity index (χ3n) is 2.57. The van der Waals surface area contributed by atoms with Crippen molar-refractivity contribution in [1.29, 1.82) is 0 Å². The number of rotatable bonds is 5. The molecule has 0 heterocycles. The van der Waals surface area contributed by atoms with Gasteiger partial charge in [0.2, 0.25) is 5.91 Å². The molecule has 21 heavy (non-hydrogen) atoms. The zero-order valence-corrected chi connectivity index (χ0v) is 11.6. The topological polar surface area (TPSA) is 86.7 Å². The van der Waals surface area contributed by atoms with Gasteiger partial charge in [0.1, 0.15) is 5.82 Å². The molecule has 0 aromatic heterocycles. The molecule has 2 N–H and O–H groups in total. The largest absolute Gasteiger partial charge is 0.478 e. The zero-order valence-electron chi connectivity index (χ0n) is 11.6. The van der Waals surface area contributed by atoms with Gasteiger partial charge in [-0.15, -0.1) is 0 Å². The molecule has 0 saturated carbocycles. The highest BCUT2D eigenvalue weighted by Crippen LogP contribution is 2.12. The highest BCUT2D eigenvalue weighted by molar-refractivity contribution is 5.96. The molecule has 0 aliphatic rings. The molecule has 2 amide bonds. The number of carbonyl (C=O) groups excluding carboxylic acids is 2. The van der Waals surface area contributed by atoms with E-state index in [9.17, 15) is 18.8 Å². The molecule has 112 valence electrons. The first kappa shape index (κ1) is 16.4. The molecular weight excluding hydrogens is 279 g/mol. The highest BCUT2D eigenvalue weighted by atomic mass is 19.1.